The van der Waals surface area contributed by atoms with Gasteiger partial charge in [0.05, 0.1) is 30.3 Å². The summed E-state index contributed by atoms with van der Waals surface area (Å²) < 4.78 is 18.6. The molecular weight excluding hydrogens is 406 g/mol. The van der Waals surface area contributed by atoms with Gasteiger partial charge in [0.15, 0.2) is 11.5 Å². The molecule has 27 heavy (non-hydrogen) atoms. The smallest absolute Gasteiger partial charge is 0.175 e. The van der Waals surface area contributed by atoms with Crippen LogP contribution in [0, 0.1) is 12.8 Å². The fourth-order valence-corrected chi connectivity index (χ4v) is 4.90. The summed E-state index contributed by atoms with van der Waals surface area (Å²) in [5.41, 5.74) is 4.91. The van der Waals surface area contributed by atoms with Crippen LogP contribution in [-0.2, 0) is 4.74 Å². The van der Waals surface area contributed by atoms with Crippen LogP contribution in [0.25, 0.3) is 0 Å². The molecular formula is C22H26BrNO3. The minimum Gasteiger partial charge on any atom is -0.493 e. The Morgan fingerprint density at radius 3 is 2.89 bits per heavy atom. The third-order valence-electron chi connectivity index (χ3n) is 5.52. The number of hydrogen-bond acceptors (Lipinski definition) is 4. The van der Waals surface area contributed by atoms with E-state index in [1.807, 2.05) is 6.92 Å². The molecule has 0 aromatic heterocycles. The maximum atomic E-state index is 6.26. The van der Waals surface area contributed by atoms with E-state index in [1.165, 1.54) is 16.7 Å². The first-order chi connectivity index (χ1) is 13.1. The average molecular weight is 432 g/mol. The number of methoxy groups -OCH3 is 1. The zero-order valence-electron chi connectivity index (χ0n) is 16.0. The van der Waals surface area contributed by atoms with Crippen molar-refractivity contribution in [1.82, 2.24) is 0 Å². The van der Waals surface area contributed by atoms with E-state index >= 15 is 0 Å². The van der Waals surface area contributed by atoms with Gasteiger partial charge in [-0.25, -0.2) is 0 Å². The number of benzene rings is 2. The summed E-state index contributed by atoms with van der Waals surface area (Å²) in [6, 6.07) is 11.0. The van der Waals surface area contributed by atoms with Crippen molar-refractivity contribution < 1.29 is 14.2 Å². The molecule has 4 rings (SSSR count). The van der Waals surface area contributed by atoms with Gasteiger partial charge in [0.25, 0.3) is 0 Å². The molecule has 2 aromatic rings. The summed E-state index contributed by atoms with van der Waals surface area (Å²) in [6.07, 6.45) is 2.37. The lowest BCUT2D eigenvalue weighted by molar-refractivity contribution is -0.0381. The van der Waals surface area contributed by atoms with Crippen LogP contribution in [0.5, 0.6) is 11.5 Å². The molecule has 144 valence electrons. The van der Waals surface area contributed by atoms with Gasteiger partial charge in [-0.05, 0) is 66.4 Å². The highest BCUT2D eigenvalue weighted by atomic mass is 79.9. The van der Waals surface area contributed by atoms with Crippen LogP contribution < -0.4 is 14.8 Å². The Kier molecular flexibility index (Phi) is 5.33. The number of halogens is 1. The van der Waals surface area contributed by atoms with Crippen LogP contribution >= 0.6 is 15.9 Å². The van der Waals surface area contributed by atoms with E-state index in [4.69, 9.17) is 14.2 Å². The maximum absolute atomic E-state index is 6.26. The lowest BCUT2D eigenvalue weighted by Gasteiger charge is -2.43. The zero-order valence-corrected chi connectivity index (χ0v) is 17.6. The quantitative estimate of drug-likeness (QED) is 0.663. The van der Waals surface area contributed by atoms with Crippen molar-refractivity contribution in [2.24, 2.45) is 5.92 Å². The van der Waals surface area contributed by atoms with E-state index in [2.05, 4.69) is 58.5 Å². The first-order valence-corrected chi connectivity index (χ1v) is 10.4. The van der Waals surface area contributed by atoms with E-state index in [0.717, 1.165) is 41.1 Å². The third-order valence-corrected chi connectivity index (χ3v) is 6.11. The Bertz CT molecular complexity index is 839. The first-order valence-electron chi connectivity index (χ1n) is 9.61. The number of rotatable bonds is 4. The molecule has 5 heteroatoms. The van der Waals surface area contributed by atoms with Crippen molar-refractivity contribution in [3.8, 4) is 11.5 Å². The summed E-state index contributed by atoms with van der Waals surface area (Å²) in [6.45, 7) is 5.54. The predicted molar refractivity (Wildman–Crippen MR) is 111 cm³/mol. The van der Waals surface area contributed by atoms with E-state index < -0.39 is 0 Å². The van der Waals surface area contributed by atoms with E-state index in [1.54, 1.807) is 7.11 Å². The molecule has 1 saturated heterocycles. The van der Waals surface area contributed by atoms with E-state index in [-0.39, 0.29) is 12.1 Å². The van der Waals surface area contributed by atoms with Crippen molar-refractivity contribution in [2.75, 3.05) is 25.6 Å². The predicted octanol–water partition coefficient (Wildman–Crippen LogP) is 5.80. The highest BCUT2D eigenvalue weighted by Crippen LogP contribution is 2.50. The van der Waals surface area contributed by atoms with Crippen molar-refractivity contribution >= 4 is 21.6 Å². The maximum Gasteiger partial charge on any atom is 0.175 e. The Morgan fingerprint density at radius 2 is 2.11 bits per heavy atom. The van der Waals surface area contributed by atoms with Gasteiger partial charge < -0.3 is 19.5 Å². The molecule has 3 atom stereocenters. The molecule has 2 aliphatic rings. The summed E-state index contributed by atoms with van der Waals surface area (Å²) in [4.78, 5) is 0. The molecule has 0 amide bonds. The minimum absolute atomic E-state index is 0.135. The van der Waals surface area contributed by atoms with Crippen molar-refractivity contribution in [1.29, 1.82) is 0 Å². The fraction of sp³-hybridized carbons (Fsp3) is 0.455. The van der Waals surface area contributed by atoms with E-state index in [0.29, 0.717) is 12.5 Å². The molecule has 0 aliphatic carbocycles. The largest absolute Gasteiger partial charge is 0.493 e. The molecule has 0 unspecified atom stereocenters. The Balaban J connectivity index is 1.77. The standard InChI is InChI=1S/C22H26BrNO3/c1-4-26-22-17(23)11-14(12-19(22)25-3)20-15-6-5-9-27-21(15)16-10-13(2)7-8-18(16)24-20/h7-8,10-12,15,20-21,24H,4-6,9H2,1-3H3/t15-,20-,21-/m0/s1. The van der Waals surface area contributed by atoms with Crippen LogP contribution in [0.3, 0.4) is 0 Å². The molecule has 0 saturated carbocycles. The van der Waals surface area contributed by atoms with Gasteiger partial charge >= 0.3 is 0 Å². The summed E-state index contributed by atoms with van der Waals surface area (Å²) in [7, 11) is 1.69. The molecule has 1 N–H and O–H groups in total. The summed E-state index contributed by atoms with van der Waals surface area (Å²) in [5, 5.41) is 3.77. The number of aryl methyl sites for hydroxylation is 1. The van der Waals surface area contributed by atoms with Gasteiger partial charge in [-0.1, -0.05) is 17.7 Å². The minimum atomic E-state index is 0.135. The van der Waals surface area contributed by atoms with Gasteiger partial charge in [-0.2, -0.15) is 0 Å². The van der Waals surface area contributed by atoms with Crippen LogP contribution in [0.15, 0.2) is 34.8 Å². The van der Waals surface area contributed by atoms with Gasteiger partial charge in [-0.3, -0.25) is 0 Å². The lowest BCUT2D eigenvalue weighted by atomic mass is 9.77. The second-order valence-corrected chi connectivity index (χ2v) is 8.13. The van der Waals surface area contributed by atoms with E-state index in [9.17, 15) is 0 Å². The topological polar surface area (TPSA) is 39.7 Å². The lowest BCUT2D eigenvalue weighted by Crippen LogP contribution is -2.36. The Morgan fingerprint density at radius 1 is 1.26 bits per heavy atom. The van der Waals surface area contributed by atoms with Crippen LogP contribution in [0.2, 0.25) is 0 Å². The van der Waals surface area contributed by atoms with Gasteiger partial charge in [-0.15, -0.1) is 0 Å². The fourth-order valence-electron chi connectivity index (χ4n) is 4.32. The van der Waals surface area contributed by atoms with Crippen molar-refractivity contribution in [3.05, 3.63) is 51.5 Å². The molecule has 1 fully saturated rings. The second kappa shape index (κ2) is 7.72. The molecule has 2 aromatic carbocycles. The van der Waals surface area contributed by atoms with Gasteiger partial charge in [0, 0.05) is 23.8 Å². The van der Waals surface area contributed by atoms with Crippen molar-refractivity contribution in [3.63, 3.8) is 0 Å². The average Bonchev–Trinajstić information content (AvgIpc) is 2.69. The number of hydrogen-bond donors (Lipinski definition) is 1. The first kappa shape index (κ1) is 18.6. The zero-order chi connectivity index (χ0) is 19.0. The third kappa shape index (κ3) is 3.43. The number of anilines is 1. The number of nitrogens with one attached hydrogen (secondary N) is 1. The Hall–Kier alpha value is -1.72. The monoisotopic (exact) mass is 431 g/mol. The molecule has 2 heterocycles. The summed E-state index contributed by atoms with van der Waals surface area (Å²) in [5.74, 6) is 1.90. The van der Waals surface area contributed by atoms with Crippen molar-refractivity contribution in [2.45, 2.75) is 38.8 Å². The molecule has 0 bridgehead atoms. The van der Waals surface area contributed by atoms with Crippen LogP contribution in [-0.4, -0.2) is 20.3 Å². The molecule has 0 radical (unpaired) electrons. The highest BCUT2D eigenvalue weighted by molar-refractivity contribution is 9.10. The normalized spacial score (nSPS) is 23.8. The molecule has 2 aliphatic heterocycles. The summed E-state index contributed by atoms with van der Waals surface area (Å²) >= 11 is 3.67. The molecule has 0 spiro atoms. The Labute approximate surface area is 169 Å². The molecule has 4 nitrogen and oxygen atoms in total. The van der Waals surface area contributed by atoms with Gasteiger partial charge in [0.2, 0.25) is 0 Å². The van der Waals surface area contributed by atoms with Gasteiger partial charge in [0.1, 0.15) is 0 Å². The highest BCUT2D eigenvalue weighted by Gasteiger charge is 2.40. The number of ether oxygens (including phenoxy) is 3. The van der Waals surface area contributed by atoms with Crippen LogP contribution in [0.1, 0.15) is 48.6 Å². The van der Waals surface area contributed by atoms with Crippen LogP contribution in [0.4, 0.5) is 5.69 Å². The second-order valence-electron chi connectivity index (χ2n) is 7.28. The number of fused-ring (bicyclic) bond motifs is 3. The SMILES string of the molecule is CCOc1c(Br)cc([C@@H]2Nc3ccc(C)cc3[C@H]3OCCC[C@H]32)cc1OC.